The zero-order valence-electron chi connectivity index (χ0n) is 11.8. The molecule has 0 spiro atoms. The first-order valence-electron chi connectivity index (χ1n) is 6.65. The van der Waals surface area contributed by atoms with Crippen LogP contribution in [0.2, 0.25) is 0 Å². The third kappa shape index (κ3) is 11.0. The van der Waals surface area contributed by atoms with Gasteiger partial charge in [-0.15, -0.1) is 0 Å². The summed E-state index contributed by atoms with van der Waals surface area (Å²) in [7, 11) is -2.88. The lowest BCUT2D eigenvalue weighted by molar-refractivity contribution is 0.136. The summed E-state index contributed by atoms with van der Waals surface area (Å²) in [4.78, 5) is 2.59. The Bertz CT molecular complexity index is 298. The Balaban J connectivity index is 3.55. The van der Waals surface area contributed by atoms with E-state index in [9.17, 15) is 4.57 Å². The molecule has 0 heterocycles. The van der Waals surface area contributed by atoms with Crippen LogP contribution in [-0.2, 0) is 18.3 Å². The first-order chi connectivity index (χ1) is 9.18. The molecular weight excluding hydrogens is 269 g/mol. The lowest BCUT2D eigenvalue weighted by Crippen LogP contribution is -2.00. The van der Waals surface area contributed by atoms with Crippen molar-refractivity contribution in [3.05, 3.63) is 10.4 Å². The number of hydrogen-bond donors (Lipinski definition) is 0. The second-order valence-corrected chi connectivity index (χ2v) is 6.04. The fourth-order valence-corrected chi connectivity index (χ4v) is 3.28. The van der Waals surface area contributed by atoms with E-state index >= 15 is 0 Å². The zero-order chi connectivity index (χ0) is 14.4. The van der Waals surface area contributed by atoms with Crippen molar-refractivity contribution < 1.29 is 18.3 Å². The lowest BCUT2D eigenvalue weighted by atomic mass is 10.2. The van der Waals surface area contributed by atoms with Crippen LogP contribution >= 0.6 is 7.60 Å². The van der Waals surface area contributed by atoms with E-state index < -0.39 is 7.60 Å². The van der Waals surface area contributed by atoms with Gasteiger partial charge in [-0.1, -0.05) is 18.0 Å². The fourth-order valence-electron chi connectivity index (χ4n) is 1.55. The average molecular weight is 293 g/mol. The van der Waals surface area contributed by atoms with Gasteiger partial charge in [-0.25, -0.2) is 0 Å². The molecule has 0 aliphatic heterocycles. The zero-order valence-corrected chi connectivity index (χ0v) is 12.7. The molecule has 0 bridgehead atoms. The van der Waals surface area contributed by atoms with Gasteiger partial charge < -0.3 is 13.8 Å². The van der Waals surface area contributed by atoms with Gasteiger partial charge in [0.25, 0.3) is 0 Å². The maximum atomic E-state index is 12.1. The average Bonchev–Trinajstić information content (AvgIpc) is 2.37. The number of ether oxygens (including phenoxy) is 1. The van der Waals surface area contributed by atoms with Crippen molar-refractivity contribution >= 4 is 7.60 Å². The molecule has 0 aliphatic carbocycles. The minimum Gasteiger partial charge on any atom is -0.375 e. The second-order valence-electron chi connectivity index (χ2n) is 3.85. The number of nitrogens with zero attached hydrogens (tertiary/aromatic N) is 3. The Morgan fingerprint density at radius 1 is 1.11 bits per heavy atom. The highest BCUT2D eigenvalue weighted by Gasteiger charge is 2.22. The van der Waals surface area contributed by atoms with Gasteiger partial charge in [0, 0.05) is 11.5 Å². The fraction of sp³-hybridized carbons (Fsp3) is 1.00. The van der Waals surface area contributed by atoms with Crippen LogP contribution in [0.4, 0.5) is 0 Å². The highest BCUT2D eigenvalue weighted by atomic mass is 31.2. The highest BCUT2D eigenvalue weighted by molar-refractivity contribution is 7.53. The van der Waals surface area contributed by atoms with Crippen molar-refractivity contribution in [2.75, 3.05) is 32.7 Å². The predicted molar refractivity (Wildman–Crippen MR) is 74.2 cm³/mol. The maximum absolute atomic E-state index is 12.1. The minimum atomic E-state index is -2.88. The summed E-state index contributed by atoms with van der Waals surface area (Å²) >= 11 is 0. The minimum absolute atomic E-state index is 0.0837. The number of rotatable bonds is 13. The molecule has 0 aromatic carbocycles. The van der Waals surface area contributed by atoms with Crippen LogP contribution < -0.4 is 0 Å². The van der Waals surface area contributed by atoms with Crippen molar-refractivity contribution in [1.82, 2.24) is 0 Å². The van der Waals surface area contributed by atoms with E-state index in [0.29, 0.717) is 26.0 Å². The van der Waals surface area contributed by atoms with Crippen LogP contribution in [0, 0.1) is 0 Å². The molecule has 0 amide bonds. The Morgan fingerprint density at radius 2 is 1.74 bits per heavy atom. The third-order valence-corrected chi connectivity index (χ3v) is 4.50. The maximum Gasteiger partial charge on any atom is 0.330 e. The van der Waals surface area contributed by atoms with Crippen molar-refractivity contribution in [1.29, 1.82) is 0 Å². The van der Waals surface area contributed by atoms with Gasteiger partial charge in [-0.3, -0.25) is 4.57 Å². The molecule has 0 radical (unpaired) electrons. The smallest absolute Gasteiger partial charge is 0.330 e. The van der Waals surface area contributed by atoms with E-state index in [1.807, 2.05) is 13.8 Å². The SMILES string of the molecule is CCOP(=O)(CCCCCCOCN=[N+]=[N-])OCC. The Morgan fingerprint density at radius 3 is 2.32 bits per heavy atom. The standard InChI is InChI=1S/C11H24N3O4P/c1-3-17-19(15,18-4-2)10-8-6-5-7-9-16-11-13-14-12/h3-11H2,1-2H3. The topological polar surface area (TPSA) is 93.5 Å². The van der Waals surface area contributed by atoms with Gasteiger partial charge in [0.15, 0.2) is 0 Å². The van der Waals surface area contributed by atoms with E-state index in [-0.39, 0.29) is 6.73 Å². The molecule has 0 rings (SSSR count). The molecule has 0 aliphatic rings. The van der Waals surface area contributed by atoms with Gasteiger partial charge in [-0.05, 0) is 32.2 Å². The highest BCUT2D eigenvalue weighted by Crippen LogP contribution is 2.48. The largest absolute Gasteiger partial charge is 0.375 e. The summed E-state index contributed by atoms with van der Waals surface area (Å²) in [5.41, 5.74) is 8.03. The molecule has 112 valence electrons. The molecule has 0 atom stereocenters. The van der Waals surface area contributed by atoms with Crippen LogP contribution in [0.25, 0.3) is 10.4 Å². The quantitative estimate of drug-likeness (QED) is 0.168. The van der Waals surface area contributed by atoms with Crippen LogP contribution in [0.5, 0.6) is 0 Å². The van der Waals surface area contributed by atoms with Gasteiger partial charge in [0.1, 0.15) is 6.73 Å². The third-order valence-electron chi connectivity index (χ3n) is 2.33. The van der Waals surface area contributed by atoms with Crippen molar-refractivity contribution in [3.63, 3.8) is 0 Å². The molecule has 0 aromatic rings. The number of hydrogen-bond acceptors (Lipinski definition) is 5. The summed E-state index contributed by atoms with van der Waals surface area (Å²) in [5, 5.41) is 3.27. The summed E-state index contributed by atoms with van der Waals surface area (Å²) < 4.78 is 27.6. The lowest BCUT2D eigenvalue weighted by Gasteiger charge is -2.16. The van der Waals surface area contributed by atoms with Gasteiger partial charge >= 0.3 is 7.60 Å². The number of unbranched alkanes of at least 4 members (excludes halogenated alkanes) is 3. The summed E-state index contributed by atoms with van der Waals surface area (Å²) in [6, 6.07) is 0. The molecule has 7 nitrogen and oxygen atoms in total. The number of azide groups is 1. The normalized spacial score (nSPS) is 11.3. The van der Waals surface area contributed by atoms with E-state index in [2.05, 4.69) is 10.0 Å². The summed E-state index contributed by atoms with van der Waals surface area (Å²) in [5.74, 6) is 0. The van der Waals surface area contributed by atoms with Gasteiger partial charge in [-0.2, -0.15) is 0 Å². The molecule has 0 aromatic heterocycles. The van der Waals surface area contributed by atoms with Crippen molar-refractivity contribution in [2.45, 2.75) is 39.5 Å². The van der Waals surface area contributed by atoms with Gasteiger partial charge in [0.2, 0.25) is 0 Å². The van der Waals surface area contributed by atoms with Gasteiger partial charge in [0.05, 0.1) is 19.4 Å². The summed E-state index contributed by atoms with van der Waals surface area (Å²) in [6.07, 6.45) is 4.11. The Hall–Kier alpha value is -0.580. The predicted octanol–water partition coefficient (Wildman–Crippen LogP) is 4.10. The molecule has 0 unspecified atom stereocenters. The summed E-state index contributed by atoms with van der Waals surface area (Å²) in [6.45, 7) is 5.10. The van der Waals surface area contributed by atoms with Crippen LogP contribution in [-0.4, -0.2) is 32.7 Å². The molecule has 0 saturated heterocycles. The monoisotopic (exact) mass is 293 g/mol. The van der Waals surface area contributed by atoms with Crippen molar-refractivity contribution in [3.8, 4) is 0 Å². The van der Waals surface area contributed by atoms with Crippen LogP contribution in [0.15, 0.2) is 5.11 Å². The first kappa shape index (κ1) is 18.4. The molecule has 0 N–H and O–H groups in total. The molecule has 0 saturated carbocycles. The van der Waals surface area contributed by atoms with E-state index in [4.69, 9.17) is 19.3 Å². The first-order valence-corrected chi connectivity index (χ1v) is 8.38. The Kier molecular flexibility index (Phi) is 12.1. The van der Waals surface area contributed by atoms with Crippen LogP contribution in [0.3, 0.4) is 0 Å². The van der Waals surface area contributed by atoms with E-state index in [0.717, 1.165) is 25.7 Å². The Labute approximate surface area is 114 Å². The molecule has 0 fully saturated rings. The molecule has 19 heavy (non-hydrogen) atoms. The molecule has 8 heteroatoms. The molecular formula is C11H24N3O4P. The van der Waals surface area contributed by atoms with Crippen LogP contribution in [0.1, 0.15) is 39.5 Å². The van der Waals surface area contributed by atoms with Crippen molar-refractivity contribution in [2.24, 2.45) is 5.11 Å². The van der Waals surface area contributed by atoms with E-state index in [1.54, 1.807) is 0 Å². The second kappa shape index (κ2) is 12.5. The van der Waals surface area contributed by atoms with E-state index in [1.165, 1.54) is 0 Å².